The van der Waals surface area contributed by atoms with Crippen molar-refractivity contribution in [2.75, 3.05) is 0 Å². The van der Waals surface area contributed by atoms with Crippen LogP contribution in [0.5, 0.6) is 0 Å². The third kappa shape index (κ3) is 2.33. The second kappa shape index (κ2) is 4.40. The minimum Gasteiger partial charge on any atom is -0.258 e. The van der Waals surface area contributed by atoms with E-state index >= 15 is 0 Å². The molecule has 0 atom stereocenters. The van der Waals surface area contributed by atoms with E-state index in [0.717, 1.165) is 10.0 Å². The Kier molecular flexibility index (Phi) is 3.66. The summed E-state index contributed by atoms with van der Waals surface area (Å²) in [6, 6.07) is 3.49. The summed E-state index contributed by atoms with van der Waals surface area (Å²) in [6.45, 7) is 4.00. The van der Waals surface area contributed by atoms with Gasteiger partial charge in [-0.2, -0.15) is 0 Å². The predicted octanol–water partition coefficient (Wildman–Crippen LogP) is 4.24. The van der Waals surface area contributed by atoms with Crippen LogP contribution >= 0.6 is 31.9 Å². The standard InChI is InChI=1S/C9H9Br2NO2/c1-5(2)6-3-7(10)9(11)8(4-6)12(13)14/h3-5H,1-2H3. The summed E-state index contributed by atoms with van der Waals surface area (Å²) in [4.78, 5) is 10.3. The second-order valence-electron chi connectivity index (χ2n) is 3.25. The van der Waals surface area contributed by atoms with Crippen molar-refractivity contribution in [3.05, 3.63) is 36.8 Å². The van der Waals surface area contributed by atoms with Gasteiger partial charge in [-0.3, -0.25) is 10.1 Å². The topological polar surface area (TPSA) is 43.1 Å². The second-order valence-corrected chi connectivity index (χ2v) is 4.89. The fraction of sp³-hybridized carbons (Fsp3) is 0.333. The maximum Gasteiger partial charge on any atom is 0.284 e. The highest BCUT2D eigenvalue weighted by Crippen LogP contribution is 2.35. The number of rotatable bonds is 2. The van der Waals surface area contributed by atoms with E-state index in [2.05, 4.69) is 31.9 Å². The van der Waals surface area contributed by atoms with Gasteiger partial charge < -0.3 is 0 Å². The minimum atomic E-state index is -0.388. The maximum atomic E-state index is 10.7. The normalized spacial score (nSPS) is 10.6. The highest BCUT2D eigenvalue weighted by atomic mass is 79.9. The molecule has 0 aliphatic heterocycles. The zero-order chi connectivity index (χ0) is 10.9. The molecule has 0 N–H and O–H groups in total. The molecular weight excluding hydrogens is 314 g/mol. The minimum absolute atomic E-state index is 0.100. The number of hydrogen-bond donors (Lipinski definition) is 0. The van der Waals surface area contributed by atoms with Crippen LogP contribution in [0.25, 0.3) is 0 Å². The fourth-order valence-corrected chi connectivity index (χ4v) is 1.90. The summed E-state index contributed by atoms with van der Waals surface area (Å²) in [5.41, 5.74) is 1.05. The molecule has 0 radical (unpaired) electrons. The molecule has 0 heterocycles. The molecule has 1 aromatic rings. The van der Waals surface area contributed by atoms with Gasteiger partial charge in [0.15, 0.2) is 0 Å². The zero-order valence-electron chi connectivity index (χ0n) is 7.75. The van der Waals surface area contributed by atoms with Crippen molar-refractivity contribution in [2.24, 2.45) is 0 Å². The smallest absolute Gasteiger partial charge is 0.258 e. The number of hydrogen-bond acceptors (Lipinski definition) is 2. The predicted molar refractivity (Wildman–Crippen MR) is 62.6 cm³/mol. The number of benzene rings is 1. The zero-order valence-corrected chi connectivity index (χ0v) is 10.9. The monoisotopic (exact) mass is 321 g/mol. The van der Waals surface area contributed by atoms with Crippen molar-refractivity contribution < 1.29 is 4.92 Å². The van der Waals surface area contributed by atoms with Crippen LogP contribution < -0.4 is 0 Å². The summed E-state index contributed by atoms with van der Waals surface area (Å²) in [6.07, 6.45) is 0. The largest absolute Gasteiger partial charge is 0.284 e. The van der Waals surface area contributed by atoms with Crippen LogP contribution in [0.15, 0.2) is 21.1 Å². The van der Waals surface area contributed by atoms with E-state index in [-0.39, 0.29) is 16.5 Å². The van der Waals surface area contributed by atoms with E-state index in [1.54, 1.807) is 6.07 Å². The van der Waals surface area contributed by atoms with Crippen LogP contribution in [0.4, 0.5) is 5.69 Å². The Morgan fingerprint density at radius 2 is 1.93 bits per heavy atom. The molecule has 0 aliphatic carbocycles. The maximum absolute atomic E-state index is 10.7. The lowest BCUT2D eigenvalue weighted by Gasteiger charge is -2.07. The van der Waals surface area contributed by atoms with Gasteiger partial charge in [0.05, 0.1) is 4.92 Å². The van der Waals surface area contributed by atoms with Gasteiger partial charge in [0, 0.05) is 10.5 Å². The van der Waals surface area contributed by atoms with E-state index in [0.29, 0.717) is 4.47 Å². The molecular formula is C9H9Br2NO2. The van der Waals surface area contributed by atoms with Gasteiger partial charge in [-0.1, -0.05) is 13.8 Å². The number of nitro groups is 1. The van der Waals surface area contributed by atoms with Crippen molar-refractivity contribution >= 4 is 37.5 Å². The van der Waals surface area contributed by atoms with Crippen LogP contribution in [0, 0.1) is 10.1 Å². The molecule has 1 rings (SSSR count). The first kappa shape index (κ1) is 11.7. The highest BCUT2D eigenvalue weighted by molar-refractivity contribution is 9.13. The SMILES string of the molecule is CC(C)c1cc(Br)c(Br)c([N+](=O)[O-])c1. The molecule has 0 fully saturated rings. The Bertz CT molecular complexity index is 377. The fourth-order valence-electron chi connectivity index (χ4n) is 1.06. The van der Waals surface area contributed by atoms with Crippen molar-refractivity contribution in [2.45, 2.75) is 19.8 Å². The Balaban J connectivity index is 3.35. The molecule has 0 bridgehead atoms. The Labute approximate surface area is 98.9 Å². The number of halogens is 2. The Morgan fingerprint density at radius 1 is 1.36 bits per heavy atom. The molecule has 0 aromatic heterocycles. The van der Waals surface area contributed by atoms with Crippen molar-refractivity contribution in [3.63, 3.8) is 0 Å². The average Bonchev–Trinajstić information content (AvgIpc) is 2.08. The first-order chi connectivity index (χ1) is 6.43. The highest BCUT2D eigenvalue weighted by Gasteiger charge is 2.17. The molecule has 76 valence electrons. The van der Waals surface area contributed by atoms with Crippen molar-refractivity contribution in [3.8, 4) is 0 Å². The molecule has 0 unspecified atom stereocenters. The molecule has 14 heavy (non-hydrogen) atoms. The van der Waals surface area contributed by atoms with Gasteiger partial charge in [-0.15, -0.1) is 0 Å². The van der Waals surface area contributed by atoms with E-state index in [9.17, 15) is 10.1 Å². The van der Waals surface area contributed by atoms with Crippen molar-refractivity contribution in [1.29, 1.82) is 0 Å². The average molecular weight is 323 g/mol. The molecule has 1 aromatic carbocycles. The summed E-state index contributed by atoms with van der Waals surface area (Å²) in [5.74, 6) is 0.276. The third-order valence-electron chi connectivity index (χ3n) is 1.89. The van der Waals surface area contributed by atoms with E-state index in [1.807, 2.05) is 19.9 Å². The van der Waals surface area contributed by atoms with Gasteiger partial charge in [0.25, 0.3) is 5.69 Å². The molecule has 0 saturated carbocycles. The molecule has 0 spiro atoms. The van der Waals surface area contributed by atoms with Gasteiger partial charge in [-0.25, -0.2) is 0 Å². The Hall–Kier alpha value is -0.420. The van der Waals surface area contributed by atoms with Gasteiger partial charge in [0.1, 0.15) is 4.47 Å². The van der Waals surface area contributed by atoms with Crippen LogP contribution in [0.3, 0.4) is 0 Å². The van der Waals surface area contributed by atoms with Gasteiger partial charge in [-0.05, 0) is 49.4 Å². The Morgan fingerprint density at radius 3 is 2.36 bits per heavy atom. The van der Waals surface area contributed by atoms with Crippen molar-refractivity contribution in [1.82, 2.24) is 0 Å². The van der Waals surface area contributed by atoms with Crippen LogP contribution in [0.2, 0.25) is 0 Å². The quantitative estimate of drug-likeness (QED) is 0.603. The first-order valence-electron chi connectivity index (χ1n) is 4.06. The summed E-state index contributed by atoms with van der Waals surface area (Å²) in [5, 5.41) is 10.7. The van der Waals surface area contributed by atoms with E-state index < -0.39 is 0 Å². The molecule has 0 amide bonds. The first-order valence-corrected chi connectivity index (χ1v) is 5.65. The number of nitrogens with zero attached hydrogens (tertiary/aromatic N) is 1. The molecule has 0 saturated heterocycles. The summed E-state index contributed by atoms with van der Waals surface area (Å²) >= 11 is 6.46. The number of nitro benzene ring substituents is 1. The van der Waals surface area contributed by atoms with E-state index in [1.165, 1.54) is 0 Å². The van der Waals surface area contributed by atoms with Crippen LogP contribution in [-0.2, 0) is 0 Å². The van der Waals surface area contributed by atoms with Crippen LogP contribution in [-0.4, -0.2) is 4.92 Å². The molecule has 0 aliphatic rings. The summed E-state index contributed by atoms with van der Waals surface area (Å²) in [7, 11) is 0. The molecule has 3 nitrogen and oxygen atoms in total. The summed E-state index contributed by atoms with van der Waals surface area (Å²) < 4.78 is 1.21. The van der Waals surface area contributed by atoms with Crippen LogP contribution in [0.1, 0.15) is 25.3 Å². The van der Waals surface area contributed by atoms with Gasteiger partial charge in [0.2, 0.25) is 0 Å². The van der Waals surface area contributed by atoms with Gasteiger partial charge >= 0.3 is 0 Å². The molecule has 5 heteroatoms. The lowest BCUT2D eigenvalue weighted by Crippen LogP contribution is -1.94. The lowest BCUT2D eigenvalue weighted by molar-refractivity contribution is -0.385. The van der Waals surface area contributed by atoms with E-state index in [4.69, 9.17) is 0 Å². The lowest BCUT2D eigenvalue weighted by atomic mass is 10.0. The third-order valence-corrected chi connectivity index (χ3v) is 3.89.